The molecule has 210 valence electrons. The molecule has 0 saturated heterocycles. The average Bonchev–Trinajstić information content (AvgIpc) is 3.25. The van der Waals surface area contributed by atoms with Gasteiger partial charge in [0.1, 0.15) is 22.1 Å². The molecular formula is C28H27ClN2O9. The molecule has 1 unspecified atom stereocenters. The number of allylic oxidation sites excluding steroid dienone is 1. The number of hydrogen-bond donors (Lipinski definition) is 2. The van der Waals surface area contributed by atoms with Crippen molar-refractivity contribution >= 4 is 35.0 Å². The number of ether oxygens (including phenoxy) is 5. The van der Waals surface area contributed by atoms with Crippen molar-refractivity contribution in [3.05, 3.63) is 51.7 Å². The van der Waals surface area contributed by atoms with Gasteiger partial charge in [-0.05, 0) is 24.1 Å². The minimum Gasteiger partial charge on any atom is -0.496 e. The Bertz CT molecular complexity index is 1500. The summed E-state index contributed by atoms with van der Waals surface area (Å²) in [5, 5.41) is 2.87. The highest BCUT2D eigenvalue weighted by Gasteiger charge is 2.63. The van der Waals surface area contributed by atoms with Crippen molar-refractivity contribution in [2.24, 2.45) is 11.7 Å². The maximum atomic E-state index is 14.5. The van der Waals surface area contributed by atoms with E-state index in [1.807, 2.05) is 0 Å². The molecule has 0 aromatic heterocycles. The Morgan fingerprint density at radius 2 is 1.73 bits per heavy atom. The van der Waals surface area contributed by atoms with Crippen LogP contribution >= 0.6 is 11.6 Å². The molecule has 3 aliphatic rings. The fraction of sp³-hybridized carbons (Fsp3) is 0.357. The van der Waals surface area contributed by atoms with Gasteiger partial charge in [0.2, 0.25) is 23.1 Å². The molecular weight excluding hydrogens is 544 g/mol. The van der Waals surface area contributed by atoms with E-state index in [0.717, 1.165) is 0 Å². The first-order valence-electron chi connectivity index (χ1n) is 12.4. The Hall–Kier alpha value is -4.25. The number of halogens is 1. The van der Waals surface area contributed by atoms with Crippen molar-refractivity contribution in [3.8, 4) is 28.7 Å². The van der Waals surface area contributed by atoms with Crippen LogP contribution in [0.4, 0.5) is 0 Å². The molecule has 2 aromatic rings. The molecule has 0 bridgehead atoms. The molecule has 12 heteroatoms. The molecule has 3 N–H and O–H groups in total. The highest BCUT2D eigenvalue weighted by Crippen LogP contribution is 2.55. The second-order valence-electron chi connectivity index (χ2n) is 9.76. The van der Waals surface area contributed by atoms with Crippen LogP contribution in [0.5, 0.6) is 28.7 Å². The number of hydrogen-bond acceptors (Lipinski definition) is 9. The van der Waals surface area contributed by atoms with Crippen LogP contribution in [0.1, 0.15) is 41.6 Å². The van der Waals surface area contributed by atoms with Gasteiger partial charge in [0.15, 0.2) is 23.9 Å². The molecule has 3 atom stereocenters. The van der Waals surface area contributed by atoms with E-state index < -0.39 is 34.9 Å². The number of carbonyl (C=O) groups is 4. The predicted molar refractivity (Wildman–Crippen MR) is 141 cm³/mol. The van der Waals surface area contributed by atoms with Crippen LogP contribution in [-0.4, -0.2) is 56.9 Å². The lowest BCUT2D eigenvalue weighted by Crippen LogP contribution is -2.59. The number of ketones is 2. The van der Waals surface area contributed by atoms with Gasteiger partial charge in [0.05, 0.1) is 21.3 Å². The van der Waals surface area contributed by atoms with E-state index >= 15 is 0 Å². The lowest BCUT2D eigenvalue weighted by molar-refractivity contribution is -0.131. The molecule has 2 aliphatic heterocycles. The van der Waals surface area contributed by atoms with Crippen molar-refractivity contribution < 1.29 is 42.9 Å². The zero-order valence-corrected chi connectivity index (χ0v) is 23.0. The second-order valence-corrected chi connectivity index (χ2v) is 10.1. The normalized spacial score (nSPS) is 23.3. The largest absolute Gasteiger partial charge is 0.496 e. The maximum Gasteiger partial charge on any atom is 0.255 e. The summed E-state index contributed by atoms with van der Waals surface area (Å²) in [4.78, 5) is 52.5. The standard InChI is InChI=1S/C28H27ClN2O9/c1-12-7-15-22(14(9-21(33)31-15)13-5-6-16(17(8-13)36-2)39-11-20(30)32)26(34)28(12)27(35)23-18(37-3)10-19(38-4)24(29)25(23)40-28/h5-6,8,10,12,14H,7,9,11H2,1-4H3,(H2,30,32)(H,31,33)/t12-,14?,28+/m1/s1. The van der Waals surface area contributed by atoms with Gasteiger partial charge in [0.25, 0.3) is 5.91 Å². The number of fused-ring (bicyclic) bond motifs is 1. The molecule has 0 saturated carbocycles. The Labute approximate surface area is 234 Å². The van der Waals surface area contributed by atoms with Crippen LogP contribution in [0.2, 0.25) is 5.02 Å². The molecule has 40 heavy (non-hydrogen) atoms. The van der Waals surface area contributed by atoms with Gasteiger partial charge >= 0.3 is 0 Å². The summed E-state index contributed by atoms with van der Waals surface area (Å²) in [6.45, 7) is 1.36. The average molecular weight is 571 g/mol. The van der Waals surface area contributed by atoms with Crippen molar-refractivity contribution in [1.29, 1.82) is 0 Å². The first-order valence-corrected chi connectivity index (χ1v) is 12.8. The summed E-state index contributed by atoms with van der Waals surface area (Å²) in [6, 6.07) is 6.34. The Kier molecular flexibility index (Phi) is 6.87. The van der Waals surface area contributed by atoms with E-state index in [0.29, 0.717) is 11.3 Å². The number of nitrogens with two attached hydrogens (primary N) is 1. The van der Waals surface area contributed by atoms with Crippen LogP contribution in [-0.2, 0) is 14.4 Å². The van der Waals surface area contributed by atoms with Crippen LogP contribution in [0.25, 0.3) is 0 Å². The Balaban J connectivity index is 1.60. The molecule has 2 amide bonds. The van der Waals surface area contributed by atoms with Crippen molar-refractivity contribution in [2.75, 3.05) is 27.9 Å². The van der Waals surface area contributed by atoms with E-state index in [2.05, 4.69) is 5.32 Å². The number of carbonyl (C=O) groups excluding carboxylic acids is 4. The van der Waals surface area contributed by atoms with Gasteiger partial charge in [0, 0.05) is 35.6 Å². The Morgan fingerprint density at radius 3 is 2.38 bits per heavy atom. The third kappa shape index (κ3) is 4.03. The second kappa shape index (κ2) is 10.1. The fourth-order valence-corrected chi connectivity index (χ4v) is 5.91. The highest BCUT2D eigenvalue weighted by atomic mass is 35.5. The molecule has 2 aromatic carbocycles. The lowest BCUT2D eigenvalue weighted by atomic mass is 9.66. The monoisotopic (exact) mass is 570 g/mol. The molecule has 2 heterocycles. The summed E-state index contributed by atoms with van der Waals surface area (Å²) >= 11 is 6.53. The summed E-state index contributed by atoms with van der Waals surface area (Å²) in [7, 11) is 4.23. The van der Waals surface area contributed by atoms with Gasteiger partial charge < -0.3 is 34.7 Å². The van der Waals surface area contributed by atoms with Crippen LogP contribution in [0.15, 0.2) is 35.5 Å². The zero-order chi connectivity index (χ0) is 28.9. The van der Waals surface area contributed by atoms with Gasteiger partial charge in [-0.1, -0.05) is 24.6 Å². The Morgan fingerprint density at radius 1 is 1.02 bits per heavy atom. The number of nitrogens with one attached hydrogen (secondary N) is 1. The SMILES string of the molecule is COc1cc(C2CC(=O)NC3=C2C(=O)[C@@]2(Oc4c(Cl)c(OC)cc(OC)c4C2=O)[C@H](C)C3)ccc1OCC(N)=O. The maximum absolute atomic E-state index is 14.5. The summed E-state index contributed by atoms with van der Waals surface area (Å²) < 4.78 is 27.8. The third-order valence-electron chi connectivity index (χ3n) is 7.52. The van der Waals surface area contributed by atoms with Crippen LogP contribution in [0, 0.1) is 5.92 Å². The van der Waals surface area contributed by atoms with E-state index in [4.69, 9.17) is 41.0 Å². The number of rotatable bonds is 7. The molecule has 1 spiro atoms. The van der Waals surface area contributed by atoms with Crippen molar-refractivity contribution in [2.45, 2.75) is 31.3 Å². The minimum atomic E-state index is -1.92. The highest BCUT2D eigenvalue weighted by molar-refractivity contribution is 6.36. The summed E-state index contributed by atoms with van der Waals surface area (Å²) in [5.41, 5.74) is 4.59. The van der Waals surface area contributed by atoms with Gasteiger partial charge in [-0.25, -0.2) is 0 Å². The van der Waals surface area contributed by atoms with Crippen LogP contribution in [0.3, 0.4) is 0 Å². The van der Waals surface area contributed by atoms with E-state index in [1.54, 1.807) is 25.1 Å². The van der Waals surface area contributed by atoms with Crippen LogP contribution < -0.4 is 34.7 Å². The molecule has 0 radical (unpaired) electrons. The predicted octanol–water partition coefficient (Wildman–Crippen LogP) is 2.71. The van der Waals surface area contributed by atoms with E-state index in [-0.39, 0.29) is 70.3 Å². The lowest BCUT2D eigenvalue weighted by Gasteiger charge is -2.41. The number of methoxy groups -OCH3 is 3. The van der Waals surface area contributed by atoms with Crippen molar-refractivity contribution in [3.63, 3.8) is 0 Å². The number of primary amides is 1. The summed E-state index contributed by atoms with van der Waals surface area (Å²) in [5.74, 6) is -2.49. The summed E-state index contributed by atoms with van der Waals surface area (Å²) in [6.07, 6.45) is 0.135. The molecule has 5 rings (SSSR count). The van der Waals surface area contributed by atoms with Gasteiger partial charge in [-0.2, -0.15) is 0 Å². The van der Waals surface area contributed by atoms with Gasteiger partial charge in [-0.15, -0.1) is 0 Å². The number of benzene rings is 2. The topological polar surface area (TPSA) is 152 Å². The first-order chi connectivity index (χ1) is 19.1. The van der Waals surface area contributed by atoms with E-state index in [9.17, 15) is 19.2 Å². The van der Waals surface area contributed by atoms with Gasteiger partial charge in [-0.3, -0.25) is 19.2 Å². The number of amides is 2. The first kappa shape index (κ1) is 27.3. The van der Waals surface area contributed by atoms with Crippen molar-refractivity contribution in [1.82, 2.24) is 5.32 Å². The molecule has 11 nitrogen and oxygen atoms in total. The quantitative estimate of drug-likeness (QED) is 0.478. The minimum absolute atomic E-state index is 0.0149. The molecule has 0 fully saturated rings. The fourth-order valence-electron chi connectivity index (χ4n) is 5.64. The number of Topliss-reactive ketones (excluding diaryl/α,β-unsaturated/α-hetero) is 2. The molecule has 1 aliphatic carbocycles. The van der Waals surface area contributed by atoms with E-state index in [1.165, 1.54) is 27.4 Å². The third-order valence-corrected chi connectivity index (χ3v) is 7.88. The smallest absolute Gasteiger partial charge is 0.255 e. The zero-order valence-electron chi connectivity index (χ0n) is 22.2.